The molecular formula is C19H23ClN4O4. The van der Waals surface area contributed by atoms with Crippen molar-refractivity contribution in [3.63, 3.8) is 0 Å². The highest BCUT2D eigenvalue weighted by Gasteiger charge is 2.34. The van der Waals surface area contributed by atoms with Crippen LogP contribution in [0.5, 0.6) is 5.75 Å². The molecule has 1 aromatic heterocycles. The van der Waals surface area contributed by atoms with E-state index in [1.165, 1.54) is 6.33 Å². The Morgan fingerprint density at radius 1 is 1.36 bits per heavy atom. The van der Waals surface area contributed by atoms with Gasteiger partial charge in [0.2, 0.25) is 5.95 Å². The lowest BCUT2D eigenvalue weighted by Crippen LogP contribution is -2.30. The standard InChI is InChI=1S/C19H23ClN4O4/c1-11(2)27-7-8-28-18(25)16-12(3)23-19-21-10-22-24(19)17(16)13-5-6-15(26-4)14(20)9-13/h5-6,9-11,17H,7-8H2,1-4H3,(H,21,22,23)/t17-/m0/s1. The van der Waals surface area contributed by atoms with Crippen LogP contribution in [0, 0.1) is 0 Å². The number of hydrogen-bond acceptors (Lipinski definition) is 7. The molecule has 0 spiro atoms. The molecule has 0 amide bonds. The average molecular weight is 407 g/mol. The predicted octanol–water partition coefficient (Wildman–Crippen LogP) is 3.20. The van der Waals surface area contributed by atoms with Gasteiger partial charge in [-0.1, -0.05) is 17.7 Å². The van der Waals surface area contributed by atoms with Crippen LogP contribution in [0.1, 0.15) is 32.4 Å². The Balaban J connectivity index is 1.92. The van der Waals surface area contributed by atoms with Crippen LogP contribution in [0.25, 0.3) is 0 Å². The van der Waals surface area contributed by atoms with Crippen molar-refractivity contribution >= 4 is 23.5 Å². The van der Waals surface area contributed by atoms with E-state index in [1.54, 1.807) is 30.8 Å². The van der Waals surface area contributed by atoms with E-state index in [-0.39, 0.29) is 12.7 Å². The van der Waals surface area contributed by atoms with Crippen LogP contribution in [0.2, 0.25) is 5.02 Å². The minimum absolute atomic E-state index is 0.0721. The number of carbonyl (C=O) groups is 1. The van der Waals surface area contributed by atoms with Gasteiger partial charge in [0.15, 0.2) is 0 Å². The van der Waals surface area contributed by atoms with E-state index >= 15 is 0 Å². The summed E-state index contributed by atoms with van der Waals surface area (Å²) in [5.41, 5.74) is 1.85. The monoisotopic (exact) mass is 406 g/mol. The number of allylic oxidation sites excluding steroid dienone is 1. The molecule has 8 nitrogen and oxygen atoms in total. The van der Waals surface area contributed by atoms with Gasteiger partial charge in [-0.15, -0.1) is 0 Å². The minimum atomic E-state index is -0.527. The number of benzene rings is 1. The largest absolute Gasteiger partial charge is 0.495 e. The van der Waals surface area contributed by atoms with Gasteiger partial charge >= 0.3 is 5.97 Å². The number of esters is 1. The lowest BCUT2D eigenvalue weighted by atomic mass is 9.95. The topological polar surface area (TPSA) is 87.5 Å². The fraction of sp³-hybridized carbons (Fsp3) is 0.421. The Bertz CT molecular complexity index is 894. The number of nitrogens with zero attached hydrogens (tertiary/aromatic N) is 3. The third-order valence-electron chi connectivity index (χ3n) is 4.27. The number of nitrogens with one attached hydrogen (secondary N) is 1. The average Bonchev–Trinajstić information content (AvgIpc) is 3.11. The van der Waals surface area contributed by atoms with Crippen LogP contribution in [0.3, 0.4) is 0 Å². The zero-order valence-corrected chi connectivity index (χ0v) is 17.0. The number of aromatic nitrogens is 3. The summed E-state index contributed by atoms with van der Waals surface area (Å²) in [7, 11) is 1.55. The highest BCUT2D eigenvalue weighted by atomic mass is 35.5. The van der Waals surface area contributed by atoms with Crippen molar-refractivity contribution in [2.75, 3.05) is 25.6 Å². The number of anilines is 1. The molecule has 1 N–H and O–H groups in total. The van der Waals surface area contributed by atoms with E-state index in [9.17, 15) is 4.79 Å². The molecule has 1 aliphatic rings. The van der Waals surface area contributed by atoms with E-state index in [4.69, 9.17) is 25.8 Å². The van der Waals surface area contributed by atoms with Gasteiger partial charge in [0.05, 0.1) is 30.4 Å². The maximum Gasteiger partial charge on any atom is 0.338 e. The molecule has 28 heavy (non-hydrogen) atoms. The van der Waals surface area contributed by atoms with Gasteiger partial charge in [0.1, 0.15) is 24.7 Å². The third-order valence-corrected chi connectivity index (χ3v) is 4.57. The van der Waals surface area contributed by atoms with Crippen LogP contribution in [-0.4, -0.2) is 47.2 Å². The maximum absolute atomic E-state index is 12.9. The summed E-state index contributed by atoms with van der Waals surface area (Å²) in [5, 5.41) is 7.81. The van der Waals surface area contributed by atoms with Crippen molar-refractivity contribution in [1.29, 1.82) is 0 Å². The van der Waals surface area contributed by atoms with Crippen molar-refractivity contribution in [2.24, 2.45) is 0 Å². The van der Waals surface area contributed by atoms with Gasteiger partial charge in [0.25, 0.3) is 0 Å². The quantitative estimate of drug-likeness (QED) is 0.558. The summed E-state index contributed by atoms with van der Waals surface area (Å²) in [6, 6.07) is 4.82. The maximum atomic E-state index is 12.9. The van der Waals surface area contributed by atoms with Crippen LogP contribution in [0.15, 0.2) is 35.8 Å². The number of methoxy groups -OCH3 is 1. The molecule has 9 heteroatoms. The Kier molecular flexibility index (Phi) is 6.21. The molecule has 1 atom stereocenters. The molecule has 0 radical (unpaired) electrons. The van der Waals surface area contributed by atoms with E-state index in [0.29, 0.717) is 34.6 Å². The van der Waals surface area contributed by atoms with Crippen molar-refractivity contribution in [1.82, 2.24) is 14.8 Å². The van der Waals surface area contributed by atoms with E-state index in [1.807, 2.05) is 19.9 Å². The number of ether oxygens (including phenoxy) is 3. The minimum Gasteiger partial charge on any atom is -0.495 e. The number of hydrogen-bond donors (Lipinski definition) is 1. The van der Waals surface area contributed by atoms with Gasteiger partial charge in [-0.3, -0.25) is 0 Å². The highest BCUT2D eigenvalue weighted by Crippen LogP contribution is 2.37. The smallest absolute Gasteiger partial charge is 0.338 e. The first kappa shape index (κ1) is 20.2. The second-order valence-electron chi connectivity index (χ2n) is 6.54. The number of halogens is 1. The second-order valence-corrected chi connectivity index (χ2v) is 6.95. The normalized spacial score (nSPS) is 16.0. The summed E-state index contributed by atoms with van der Waals surface area (Å²) < 4.78 is 17.7. The molecule has 1 aliphatic heterocycles. The molecule has 2 aromatic rings. The van der Waals surface area contributed by atoms with E-state index in [0.717, 1.165) is 5.56 Å². The summed E-state index contributed by atoms with van der Waals surface area (Å²) in [6.07, 6.45) is 1.50. The van der Waals surface area contributed by atoms with Crippen molar-refractivity contribution in [3.05, 3.63) is 46.4 Å². The number of carbonyl (C=O) groups excluding carboxylic acids is 1. The number of fused-ring (bicyclic) bond motifs is 1. The molecular weight excluding hydrogens is 384 g/mol. The van der Waals surface area contributed by atoms with Gasteiger partial charge < -0.3 is 19.5 Å². The van der Waals surface area contributed by atoms with Crippen molar-refractivity contribution in [3.8, 4) is 5.75 Å². The molecule has 0 saturated heterocycles. The molecule has 3 rings (SSSR count). The molecule has 0 saturated carbocycles. The Hall–Kier alpha value is -2.58. The fourth-order valence-corrected chi connectivity index (χ4v) is 3.28. The van der Waals surface area contributed by atoms with Crippen LogP contribution in [0.4, 0.5) is 5.95 Å². The van der Waals surface area contributed by atoms with Crippen molar-refractivity contribution < 1.29 is 19.0 Å². The van der Waals surface area contributed by atoms with Crippen LogP contribution < -0.4 is 10.1 Å². The van der Waals surface area contributed by atoms with E-state index < -0.39 is 12.0 Å². The molecule has 1 aromatic carbocycles. The molecule has 0 fully saturated rings. The Morgan fingerprint density at radius 2 is 2.14 bits per heavy atom. The van der Waals surface area contributed by atoms with Crippen LogP contribution >= 0.6 is 11.6 Å². The molecule has 150 valence electrons. The first-order valence-corrected chi connectivity index (χ1v) is 9.29. The molecule has 2 heterocycles. The molecule has 0 unspecified atom stereocenters. The van der Waals surface area contributed by atoms with Gasteiger partial charge in [-0.25, -0.2) is 9.48 Å². The molecule has 0 bridgehead atoms. The summed E-state index contributed by atoms with van der Waals surface area (Å²) in [6.45, 7) is 6.15. The zero-order chi connectivity index (χ0) is 20.3. The lowest BCUT2D eigenvalue weighted by molar-refractivity contribution is -0.141. The summed E-state index contributed by atoms with van der Waals surface area (Å²) in [4.78, 5) is 17.1. The third kappa shape index (κ3) is 4.13. The summed E-state index contributed by atoms with van der Waals surface area (Å²) in [5.74, 6) is 0.637. The Labute approximate surface area is 168 Å². The van der Waals surface area contributed by atoms with Gasteiger partial charge in [0, 0.05) is 5.70 Å². The first-order valence-electron chi connectivity index (χ1n) is 8.91. The SMILES string of the molecule is COc1ccc([C@H]2C(C(=O)OCCOC(C)C)=C(C)Nc3ncnn32)cc1Cl. The Morgan fingerprint density at radius 3 is 2.82 bits per heavy atom. The zero-order valence-electron chi connectivity index (χ0n) is 16.2. The van der Waals surface area contributed by atoms with Gasteiger partial charge in [-0.2, -0.15) is 10.1 Å². The van der Waals surface area contributed by atoms with Gasteiger partial charge in [-0.05, 0) is 38.5 Å². The van der Waals surface area contributed by atoms with E-state index in [2.05, 4.69) is 15.4 Å². The predicted molar refractivity (Wildman–Crippen MR) is 105 cm³/mol. The summed E-state index contributed by atoms with van der Waals surface area (Å²) >= 11 is 6.31. The number of rotatable bonds is 7. The van der Waals surface area contributed by atoms with Crippen LogP contribution in [-0.2, 0) is 14.3 Å². The fourth-order valence-electron chi connectivity index (χ4n) is 3.01. The first-order chi connectivity index (χ1) is 13.4. The lowest BCUT2D eigenvalue weighted by Gasteiger charge is -2.28. The van der Waals surface area contributed by atoms with Crippen molar-refractivity contribution in [2.45, 2.75) is 32.9 Å². The second kappa shape index (κ2) is 8.62. The highest BCUT2D eigenvalue weighted by molar-refractivity contribution is 6.32. The molecule has 0 aliphatic carbocycles.